The molecule has 2 heterocycles. The van der Waals surface area contributed by atoms with Crippen LogP contribution in [-0.4, -0.2) is 95.7 Å². The van der Waals surface area contributed by atoms with Gasteiger partial charge in [-0.05, 0) is 145 Å². The number of esters is 6. The number of carbonyl (C=O) groups is 8. The summed E-state index contributed by atoms with van der Waals surface area (Å²) in [6.07, 6.45) is -5.51. The van der Waals surface area contributed by atoms with Crippen LogP contribution < -0.4 is 11.1 Å². The van der Waals surface area contributed by atoms with Gasteiger partial charge < -0.3 is 48.6 Å². The fourth-order valence-electron chi connectivity index (χ4n) is 10.8. The number of carbonyl (C=O) groups excluding carboxylic acids is 8. The molecule has 0 spiro atoms. The molecule has 8 aromatic carbocycles. The van der Waals surface area contributed by atoms with Crippen LogP contribution in [0.5, 0.6) is 0 Å². The molecule has 0 saturated heterocycles. The predicted molar refractivity (Wildman–Crippen MR) is 365 cm³/mol. The molecule has 2 aromatic heterocycles. The molecule has 10 rings (SSSR count). The predicted octanol–water partition coefficient (Wildman–Crippen LogP) is 14.8. The van der Waals surface area contributed by atoms with Crippen molar-refractivity contribution in [1.82, 2.24) is 9.13 Å². The molecule has 0 bridgehead atoms. The van der Waals surface area contributed by atoms with Crippen molar-refractivity contribution in [1.29, 1.82) is 0 Å². The van der Waals surface area contributed by atoms with Crippen molar-refractivity contribution in [3.63, 3.8) is 0 Å². The standard InChI is InChI=1S/C38H33F3N2O7.C24H26N2O6.C14H8ClF3O/c1-3-48-35(46)37(36(47)49-4-2,26-11-6-5-7-12-26)24-50-33(44)23-43-22-21-30-31(15-10-16-32(30)43)42-34(45)29-14-9-8-13-28(29)25-17-19-27(20-18-25)38(39,40)41;1-3-30-22(28)24(23(29)31-4-2,17-9-6-5-7-10-17)16-32-21(27)15-26-14-13-18-19(25)11-8-12-20(18)26;15-13(19)12-4-2-1-3-11(12)9-5-7-10(8-6-9)14(16,17)18/h5-22H,3-4,23-24H2,1-2H3,(H,42,45);5-14H,3-4,15-16,25H2,1-2H3;1-8H. The zero-order chi connectivity index (χ0) is 73.1. The Morgan fingerprint density at radius 2 is 0.772 bits per heavy atom. The smallest absolute Gasteiger partial charge is 0.416 e. The highest BCUT2D eigenvalue weighted by Crippen LogP contribution is 2.36. The number of hydrogen-bond donors (Lipinski definition) is 2. The highest BCUT2D eigenvalue weighted by atomic mass is 35.5. The number of benzene rings is 8. The van der Waals surface area contributed by atoms with Crippen molar-refractivity contribution in [3.8, 4) is 22.3 Å². The van der Waals surface area contributed by atoms with Crippen LogP contribution in [0.25, 0.3) is 44.1 Å². The highest BCUT2D eigenvalue weighted by Gasteiger charge is 2.53. The summed E-state index contributed by atoms with van der Waals surface area (Å²) in [4.78, 5) is 103. The van der Waals surface area contributed by atoms with Crippen LogP contribution in [0.1, 0.15) is 70.7 Å². The van der Waals surface area contributed by atoms with E-state index in [1.165, 1.54) is 30.3 Å². The molecular weight excluding hydrogens is 1340 g/mol. The summed E-state index contributed by atoms with van der Waals surface area (Å²) in [6.45, 7) is 4.90. The van der Waals surface area contributed by atoms with Crippen molar-refractivity contribution in [2.24, 2.45) is 0 Å². The zero-order valence-corrected chi connectivity index (χ0v) is 55.5. The van der Waals surface area contributed by atoms with E-state index in [-0.39, 0.29) is 56.2 Å². The van der Waals surface area contributed by atoms with Gasteiger partial charge in [-0.3, -0.25) is 38.4 Å². The van der Waals surface area contributed by atoms with Gasteiger partial charge in [0.1, 0.15) is 26.3 Å². The lowest BCUT2D eigenvalue weighted by atomic mass is 9.81. The fraction of sp³-hybridized carbons (Fsp3) is 0.211. The lowest BCUT2D eigenvalue weighted by Crippen LogP contribution is -2.50. The number of nitrogens with zero attached hydrogens (tertiary/aromatic N) is 2. The summed E-state index contributed by atoms with van der Waals surface area (Å²) in [5, 5.41) is 3.64. The molecule has 3 N–H and O–H groups in total. The molecular formula is C76H67ClF6N4O14. The number of halogens is 7. The van der Waals surface area contributed by atoms with Crippen LogP contribution in [-0.2, 0) is 93.5 Å². The lowest BCUT2D eigenvalue weighted by molar-refractivity contribution is -0.173. The van der Waals surface area contributed by atoms with Gasteiger partial charge in [-0.25, -0.2) is 0 Å². The Morgan fingerprint density at radius 1 is 0.406 bits per heavy atom. The molecule has 0 aliphatic heterocycles. The molecule has 0 aliphatic carbocycles. The number of nitrogen functional groups attached to an aromatic ring is 1. The van der Waals surface area contributed by atoms with E-state index < -0.39 is 94.5 Å². The molecule has 101 heavy (non-hydrogen) atoms. The van der Waals surface area contributed by atoms with E-state index in [4.69, 9.17) is 45.8 Å². The first kappa shape index (κ1) is 75.2. The Balaban J connectivity index is 0.000000215. The Bertz CT molecular complexity index is 4540. The third-order valence-corrected chi connectivity index (χ3v) is 16.0. The van der Waals surface area contributed by atoms with Crippen LogP contribution >= 0.6 is 11.6 Å². The molecule has 0 saturated carbocycles. The Morgan fingerprint density at radius 3 is 1.18 bits per heavy atom. The van der Waals surface area contributed by atoms with Gasteiger partial charge in [0.25, 0.3) is 11.1 Å². The second-order valence-electron chi connectivity index (χ2n) is 22.1. The van der Waals surface area contributed by atoms with Crippen molar-refractivity contribution >= 4 is 91.7 Å². The summed E-state index contributed by atoms with van der Waals surface area (Å²) in [5.74, 6) is -5.37. The van der Waals surface area contributed by atoms with Gasteiger partial charge in [0.2, 0.25) is 10.8 Å². The first-order valence-corrected chi connectivity index (χ1v) is 31.8. The number of amides is 1. The minimum absolute atomic E-state index is 0.0182. The highest BCUT2D eigenvalue weighted by molar-refractivity contribution is 6.68. The number of nitrogens with one attached hydrogen (secondary N) is 1. The Labute approximate surface area is 580 Å². The third kappa shape index (κ3) is 17.9. The Hall–Kier alpha value is -11.5. The molecule has 0 radical (unpaired) electrons. The topological polar surface area (TPSA) is 240 Å². The third-order valence-electron chi connectivity index (χ3n) is 15.8. The first-order chi connectivity index (χ1) is 48.3. The van der Waals surface area contributed by atoms with Crippen LogP contribution in [0.2, 0.25) is 0 Å². The number of ether oxygens (including phenoxy) is 6. The van der Waals surface area contributed by atoms with Crippen LogP contribution in [0.15, 0.2) is 219 Å². The number of anilines is 2. The summed E-state index contributed by atoms with van der Waals surface area (Å²) >= 11 is 5.44. The van der Waals surface area contributed by atoms with Crippen molar-refractivity contribution in [2.75, 3.05) is 50.7 Å². The van der Waals surface area contributed by atoms with E-state index in [0.29, 0.717) is 50.1 Å². The van der Waals surface area contributed by atoms with Gasteiger partial charge in [0.15, 0.2) is 0 Å². The molecule has 524 valence electrons. The second-order valence-corrected chi connectivity index (χ2v) is 22.5. The summed E-state index contributed by atoms with van der Waals surface area (Å²) in [5.41, 5.74) is 5.83. The molecule has 0 unspecified atom stereocenters. The average Bonchev–Trinajstić information content (AvgIpc) is 1.73. The lowest BCUT2D eigenvalue weighted by Gasteiger charge is -2.29. The quantitative estimate of drug-likeness (QED) is 0.0151. The molecule has 10 aromatic rings. The van der Waals surface area contributed by atoms with Gasteiger partial charge in [-0.1, -0.05) is 133 Å². The Kier molecular flexibility index (Phi) is 25.2. The summed E-state index contributed by atoms with van der Waals surface area (Å²) in [6, 6.07) is 52.7. The van der Waals surface area contributed by atoms with Crippen molar-refractivity contribution in [2.45, 2.75) is 64.0 Å². The number of aromatic nitrogens is 2. The molecule has 0 atom stereocenters. The van der Waals surface area contributed by atoms with E-state index in [2.05, 4.69) is 5.32 Å². The maximum absolute atomic E-state index is 13.5. The maximum Gasteiger partial charge on any atom is 0.416 e. The van der Waals surface area contributed by atoms with Crippen LogP contribution in [0.4, 0.5) is 37.7 Å². The summed E-state index contributed by atoms with van der Waals surface area (Å²) < 4.78 is 112. The minimum atomic E-state index is -4.49. The van der Waals surface area contributed by atoms with Gasteiger partial charge >= 0.3 is 48.2 Å². The largest absolute Gasteiger partial charge is 0.465 e. The first-order valence-electron chi connectivity index (χ1n) is 31.4. The molecule has 25 heteroatoms. The monoisotopic (exact) mass is 1410 g/mol. The van der Waals surface area contributed by atoms with Crippen molar-refractivity contribution in [3.05, 3.63) is 252 Å². The number of fused-ring (bicyclic) bond motifs is 2. The number of rotatable bonds is 23. The molecule has 0 aliphatic rings. The maximum atomic E-state index is 13.5. The summed E-state index contributed by atoms with van der Waals surface area (Å²) in [7, 11) is 0. The number of hydrogen-bond acceptors (Lipinski definition) is 15. The number of alkyl halides is 6. The van der Waals surface area contributed by atoms with Gasteiger partial charge in [0.05, 0.1) is 54.3 Å². The van der Waals surface area contributed by atoms with Crippen LogP contribution in [0, 0.1) is 0 Å². The molecule has 1 amide bonds. The van der Waals surface area contributed by atoms with Gasteiger partial charge in [-0.2, -0.15) is 26.3 Å². The van der Waals surface area contributed by atoms with E-state index >= 15 is 0 Å². The SMILES string of the molecule is CCOC(=O)C(COC(=O)Cn1ccc2c(N)cccc21)(C(=O)OCC)c1ccccc1.CCOC(=O)C(COC(=O)Cn1ccc2c(NC(=O)c3ccccc3-c3ccc(C(F)(F)F)cc3)cccc21)(C(=O)OCC)c1ccccc1.O=C(Cl)c1ccccc1-c1ccc(C(F)(F)F)cc1. The van der Waals surface area contributed by atoms with Gasteiger partial charge in [-0.15, -0.1) is 0 Å². The van der Waals surface area contributed by atoms with E-state index in [9.17, 15) is 64.7 Å². The molecule has 18 nitrogen and oxygen atoms in total. The van der Waals surface area contributed by atoms with Gasteiger partial charge in [0, 0.05) is 40.0 Å². The minimum Gasteiger partial charge on any atom is -0.465 e. The average molecular weight is 1410 g/mol. The normalized spacial score (nSPS) is 11.4. The van der Waals surface area contributed by atoms with E-state index in [1.807, 2.05) is 12.1 Å². The van der Waals surface area contributed by atoms with Crippen molar-refractivity contribution < 1.29 is 93.1 Å². The zero-order valence-electron chi connectivity index (χ0n) is 54.8. The van der Waals surface area contributed by atoms with E-state index in [1.54, 1.807) is 189 Å². The number of nitrogens with two attached hydrogens (primary N) is 1. The second kappa shape index (κ2) is 33.8. The van der Waals surface area contributed by atoms with E-state index in [0.717, 1.165) is 35.2 Å². The molecule has 0 fully saturated rings. The fourth-order valence-corrected chi connectivity index (χ4v) is 11.0. The van der Waals surface area contributed by atoms with Crippen LogP contribution in [0.3, 0.4) is 0 Å².